The zero-order valence-corrected chi connectivity index (χ0v) is 23.3. The molecule has 3 aromatic carbocycles. The highest BCUT2D eigenvalue weighted by Gasteiger charge is 2.57. The maximum absolute atomic E-state index is 13.2. The number of aryl methyl sites for hydroxylation is 3. The predicted octanol–water partition coefficient (Wildman–Crippen LogP) is 4.61. The fourth-order valence-corrected chi connectivity index (χ4v) is 7.48. The fourth-order valence-electron chi connectivity index (χ4n) is 7.48. The van der Waals surface area contributed by atoms with Gasteiger partial charge in [0.1, 0.15) is 0 Å². The van der Waals surface area contributed by atoms with E-state index in [9.17, 15) is 5.02 Å². The van der Waals surface area contributed by atoms with Crippen molar-refractivity contribution < 1.29 is 9.51 Å². The largest absolute Gasteiger partial charge is 0.630 e. The van der Waals surface area contributed by atoms with Crippen LogP contribution in [0.3, 0.4) is 0 Å². The number of aromatic nitrogens is 2. The highest BCUT2D eigenvalue weighted by Crippen LogP contribution is 2.43. The molecule has 2 aromatic heterocycles. The summed E-state index contributed by atoms with van der Waals surface area (Å²) in [6, 6.07) is 35.0. The van der Waals surface area contributed by atoms with Crippen molar-refractivity contribution >= 4 is 29.2 Å². The number of benzene rings is 3. The molecule has 0 radical (unpaired) electrons. The maximum Gasteiger partial charge on any atom is 0.630 e. The lowest BCUT2D eigenvalue weighted by Crippen LogP contribution is -2.72. The summed E-state index contributed by atoms with van der Waals surface area (Å²) >= 11 is 0. The van der Waals surface area contributed by atoms with Crippen LogP contribution >= 0.6 is 0 Å². The topological polar surface area (TPSA) is 33.1 Å². The van der Waals surface area contributed by atoms with E-state index in [4.69, 9.17) is 0 Å². The molecule has 1 N–H and O–H groups in total. The number of hydrogen-bond acceptors (Lipinski definition) is 1. The van der Waals surface area contributed by atoms with Crippen molar-refractivity contribution in [2.45, 2.75) is 20.8 Å². The Morgan fingerprint density at radius 1 is 0.512 bits per heavy atom. The zero-order chi connectivity index (χ0) is 27.6. The summed E-state index contributed by atoms with van der Waals surface area (Å²) in [4.78, 5) is 0. The van der Waals surface area contributed by atoms with Gasteiger partial charge >= 0.3 is 6.75 Å². The molecule has 0 saturated carbocycles. The van der Waals surface area contributed by atoms with Crippen molar-refractivity contribution in [1.29, 1.82) is 0 Å². The van der Waals surface area contributed by atoms with Gasteiger partial charge in [-0.25, -0.2) is 0 Å². The summed E-state index contributed by atoms with van der Waals surface area (Å²) in [6.07, 6.45) is 4.39. The molecule has 6 heterocycles. The second kappa shape index (κ2) is 7.65. The van der Waals surface area contributed by atoms with Crippen LogP contribution in [0.25, 0.3) is 16.7 Å². The summed E-state index contributed by atoms with van der Waals surface area (Å²) < 4.78 is 6.63. The molecule has 0 bridgehead atoms. The molecule has 0 aliphatic carbocycles. The van der Waals surface area contributed by atoms with Gasteiger partial charge in [-0.15, -0.1) is 0 Å². The second-order valence-corrected chi connectivity index (χ2v) is 11.8. The number of nitrogens with zero attached hydrogens (tertiary/aromatic N) is 3. The first-order chi connectivity index (χ1) is 19.9. The quantitative estimate of drug-likeness (QED) is 0.341. The first-order valence-electron chi connectivity index (χ1n) is 14.3. The van der Waals surface area contributed by atoms with Crippen molar-refractivity contribution in [1.82, 2.24) is 8.96 Å². The van der Waals surface area contributed by atoms with E-state index >= 15 is 0 Å². The monoisotopic (exact) mass is 529 g/mol. The molecule has 0 saturated heterocycles. The van der Waals surface area contributed by atoms with Crippen molar-refractivity contribution in [3.05, 3.63) is 170 Å². The Morgan fingerprint density at radius 2 is 0.976 bits per heavy atom. The normalized spacial score (nSPS) is 19.4. The van der Waals surface area contributed by atoms with E-state index in [0.717, 1.165) is 66.9 Å². The van der Waals surface area contributed by atoms with E-state index < -0.39 is 6.75 Å². The molecule has 0 fully saturated rings. The summed E-state index contributed by atoms with van der Waals surface area (Å²) in [5, 5.41) is 15.3. The van der Waals surface area contributed by atoms with Gasteiger partial charge in [0.15, 0.2) is 11.4 Å². The average molecular weight is 529 g/mol. The van der Waals surface area contributed by atoms with Gasteiger partial charge in [-0.3, -0.25) is 0 Å². The van der Waals surface area contributed by atoms with Crippen LogP contribution in [0.4, 0.5) is 0 Å². The Labute approximate surface area is 238 Å². The van der Waals surface area contributed by atoms with E-state index in [1.54, 1.807) is 0 Å². The van der Waals surface area contributed by atoms with E-state index in [-0.39, 0.29) is 0 Å². The Bertz CT molecular complexity index is 2210. The van der Waals surface area contributed by atoms with Crippen LogP contribution < -0.4 is 10.7 Å². The third-order valence-corrected chi connectivity index (χ3v) is 9.35. The minimum atomic E-state index is -2.38. The Morgan fingerprint density at radius 3 is 1.54 bits per heavy atom. The van der Waals surface area contributed by atoms with Gasteiger partial charge in [0.25, 0.3) is 0 Å². The third-order valence-electron chi connectivity index (χ3n) is 9.35. The van der Waals surface area contributed by atoms with Gasteiger partial charge < -0.3 is 18.5 Å². The van der Waals surface area contributed by atoms with Crippen molar-refractivity contribution in [3.63, 3.8) is 0 Å². The molecule has 0 amide bonds. The van der Waals surface area contributed by atoms with Crippen LogP contribution in [0.5, 0.6) is 0 Å². The van der Waals surface area contributed by atoms with E-state index in [1.807, 2.05) is 0 Å². The fraction of sp³-hybridized carbons (Fsp3) is 0.0833. The summed E-state index contributed by atoms with van der Waals surface area (Å²) in [7, 11) is 0. The first-order valence-corrected chi connectivity index (χ1v) is 14.3. The van der Waals surface area contributed by atoms with Crippen LogP contribution in [0, 0.1) is 20.8 Å². The molecule has 0 spiro atoms. The van der Waals surface area contributed by atoms with Crippen molar-refractivity contribution in [3.8, 4) is 0 Å². The van der Waals surface area contributed by atoms with Gasteiger partial charge in [-0.05, 0) is 61.7 Å². The lowest BCUT2D eigenvalue weighted by Gasteiger charge is -2.45. The lowest BCUT2D eigenvalue weighted by molar-refractivity contribution is -0.359. The summed E-state index contributed by atoms with van der Waals surface area (Å²) in [6.45, 7) is 3.98. The van der Waals surface area contributed by atoms with E-state index in [0.29, 0.717) is 0 Å². The third kappa shape index (κ3) is 2.76. The molecule has 4 aliphatic heterocycles. The zero-order valence-electron chi connectivity index (χ0n) is 23.3. The molecule has 1 atom stereocenters. The first kappa shape index (κ1) is 22.9. The highest BCUT2D eigenvalue weighted by molar-refractivity contribution is 6.65. The summed E-state index contributed by atoms with van der Waals surface area (Å²) in [5.74, 6) is 0. The van der Waals surface area contributed by atoms with Gasteiger partial charge in [0.2, 0.25) is 0 Å². The molecule has 5 aromatic rings. The SMILES string of the molecule is Cc1ccc(C2=C3C=CC4=[N+]3[B-]3(O)n5c2ccc5C(c2ccc(C)cc2)=c2ccc(n23)=C4c2ccc(C)cc2)cc1. The predicted molar refractivity (Wildman–Crippen MR) is 165 cm³/mol. The molecule has 4 nitrogen and oxygen atoms in total. The second-order valence-electron chi connectivity index (χ2n) is 11.8. The van der Waals surface area contributed by atoms with Gasteiger partial charge in [0, 0.05) is 39.8 Å². The smallest absolute Gasteiger partial charge is 0.505 e. The highest BCUT2D eigenvalue weighted by atomic mass is 16.3. The van der Waals surface area contributed by atoms with Crippen molar-refractivity contribution in [2.24, 2.45) is 0 Å². The van der Waals surface area contributed by atoms with E-state index in [2.05, 4.69) is 143 Å². The average Bonchev–Trinajstić information content (AvgIpc) is 3.72. The van der Waals surface area contributed by atoms with Gasteiger partial charge in [-0.2, -0.15) is 0 Å². The molecule has 4 aliphatic rings. The summed E-state index contributed by atoms with van der Waals surface area (Å²) in [5.41, 5.74) is 14.7. The Hall–Kier alpha value is -4.87. The minimum Gasteiger partial charge on any atom is -0.505 e. The van der Waals surface area contributed by atoms with Gasteiger partial charge in [-0.1, -0.05) is 89.5 Å². The van der Waals surface area contributed by atoms with Crippen LogP contribution in [0.2, 0.25) is 0 Å². The molecule has 196 valence electrons. The Balaban J connectivity index is 1.49. The number of rotatable bonds is 3. The lowest BCUT2D eigenvalue weighted by atomic mass is 9.70. The van der Waals surface area contributed by atoms with E-state index in [1.165, 1.54) is 16.7 Å². The van der Waals surface area contributed by atoms with Crippen molar-refractivity contribution in [2.75, 3.05) is 0 Å². The van der Waals surface area contributed by atoms with Crippen LogP contribution in [0.15, 0.2) is 115 Å². The molecular weight excluding hydrogens is 501 g/mol. The molecule has 41 heavy (non-hydrogen) atoms. The molecule has 9 rings (SSSR count). The van der Waals surface area contributed by atoms with Crippen LogP contribution in [0.1, 0.15) is 44.8 Å². The van der Waals surface area contributed by atoms with Crippen LogP contribution in [-0.2, 0) is 0 Å². The molecular formula is C36H28BN3O. The minimum absolute atomic E-state index is 1.04. The number of hydrogen-bond donors (Lipinski definition) is 1. The number of allylic oxidation sites excluding steroid dienone is 2. The standard InChI is InChI=1S/C36H28BN3O/c1-22-4-10-25(11-5-22)34-28-16-18-30-35(26-12-6-23(2)7-13-26)32-20-21-33-36(27-14-8-24(3)9-15-27)31-19-17-29(34)39(31)37(41,38(28)30)40(32)33/h4-21,41H,1-3H3. The van der Waals surface area contributed by atoms with Gasteiger partial charge in [0.05, 0.1) is 11.1 Å². The Kier molecular flexibility index (Phi) is 4.28. The van der Waals surface area contributed by atoms with Crippen LogP contribution in [-0.4, -0.2) is 30.9 Å². The maximum atomic E-state index is 13.2. The molecule has 5 heteroatoms. The molecule has 1 unspecified atom stereocenters.